The third-order valence-corrected chi connectivity index (χ3v) is 10.3. The zero-order valence-corrected chi connectivity index (χ0v) is 18.1. The highest BCUT2D eigenvalue weighted by molar-refractivity contribution is 8.25. The molecular formula is C27H20NPS. The first-order valence-corrected chi connectivity index (χ1v) is 12.7. The van der Waals surface area contributed by atoms with E-state index in [1.807, 2.05) is 18.3 Å². The Balaban J connectivity index is 1.74. The topological polar surface area (TPSA) is 12.9 Å². The van der Waals surface area contributed by atoms with Gasteiger partial charge in [-0.1, -0.05) is 115 Å². The number of hydrogen-bond acceptors (Lipinski definition) is 2. The summed E-state index contributed by atoms with van der Waals surface area (Å²) < 4.78 is 0. The van der Waals surface area contributed by atoms with Gasteiger partial charge >= 0.3 is 0 Å². The van der Waals surface area contributed by atoms with E-state index in [0.717, 1.165) is 16.6 Å². The van der Waals surface area contributed by atoms with Crippen LogP contribution in [-0.2, 0) is 11.8 Å². The Morgan fingerprint density at radius 1 is 0.567 bits per heavy atom. The second kappa shape index (κ2) is 7.99. The van der Waals surface area contributed by atoms with Crippen molar-refractivity contribution >= 4 is 44.5 Å². The minimum Gasteiger partial charge on any atom is -0.256 e. The Kier molecular flexibility index (Phi) is 5.04. The lowest BCUT2D eigenvalue weighted by molar-refractivity contribution is 1.36. The second-order valence-electron chi connectivity index (χ2n) is 7.21. The van der Waals surface area contributed by atoms with Crippen LogP contribution in [0, 0.1) is 0 Å². The number of fused-ring (bicyclic) bond motifs is 1. The lowest BCUT2D eigenvalue weighted by Crippen LogP contribution is -2.24. The van der Waals surface area contributed by atoms with Gasteiger partial charge in [0.2, 0.25) is 0 Å². The molecule has 0 spiro atoms. The monoisotopic (exact) mass is 421 g/mol. The molecule has 1 nitrogen and oxygen atoms in total. The zero-order chi connectivity index (χ0) is 20.4. The van der Waals surface area contributed by atoms with Crippen molar-refractivity contribution in [3.8, 4) is 11.3 Å². The van der Waals surface area contributed by atoms with Crippen LogP contribution >= 0.6 is 6.04 Å². The highest BCUT2D eigenvalue weighted by atomic mass is 32.4. The molecule has 0 aliphatic heterocycles. The molecular weight excluding hydrogens is 401 g/mol. The average Bonchev–Trinajstić information content (AvgIpc) is 2.84. The number of hydrogen-bond donors (Lipinski definition) is 0. The maximum absolute atomic E-state index is 6.50. The zero-order valence-electron chi connectivity index (χ0n) is 16.3. The quantitative estimate of drug-likeness (QED) is 0.348. The second-order valence-corrected chi connectivity index (χ2v) is 11.6. The van der Waals surface area contributed by atoms with Crippen LogP contribution in [0.3, 0.4) is 0 Å². The van der Waals surface area contributed by atoms with Crippen molar-refractivity contribution in [2.45, 2.75) is 0 Å². The molecule has 0 N–H and O–H groups in total. The van der Waals surface area contributed by atoms with Crippen LogP contribution in [0.2, 0.25) is 0 Å². The molecule has 0 atom stereocenters. The van der Waals surface area contributed by atoms with Crippen LogP contribution in [0.4, 0.5) is 0 Å². The summed E-state index contributed by atoms with van der Waals surface area (Å²) in [4.78, 5) is 4.72. The van der Waals surface area contributed by atoms with Crippen LogP contribution in [-0.4, -0.2) is 4.98 Å². The van der Waals surface area contributed by atoms with Crippen molar-refractivity contribution in [3.05, 3.63) is 121 Å². The summed E-state index contributed by atoms with van der Waals surface area (Å²) in [7, 11) is 0. The molecule has 30 heavy (non-hydrogen) atoms. The van der Waals surface area contributed by atoms with Gasteiger partial charge in [-0.05, 0) is 33.4 Å². The third kappa shape index (κ3) is 3.29. The molecule has 0 bridgehead atoms. The molecule has 4 aromatic carbocycles. The number of pyridine rings is 1. The lowest BCUT2D eigenvalue weighted by Gasteiger charge is -2.24. The van der Waals surface area contributed by atoms with E-state index in [9.17, 15) is 0 Å². The van der Waals surface area contributed by atoms with E-state index in [4.69, 9.17) is 16.8 Å². The van der Waals surface area contributed by atoms with Crippen LogP contribution in [0.5, 0.6) is 0 Å². The van der Waals surface area contributed by atoms with Crippen molar-refractivity contribution in [1.82, 2.24) is 4.98 Å². The van der Waals surface area contributed by atoms with E-state index < -0.39 is 6.04 Å². The van der Waals surface area contributed by atoms with E-state index in [-0.39, 0.29) is 0 Å². The molecule has 0 aliphatic rings. The van der Waals surface area contributed by atoms with Crippen LogP contribution < -0.4 is 15.9 Å². The van der Waals surface area contributed by atoms with Crippen molar-refractivity contribution in [2.24, 2.45) is 0 Å². The molecule has 0 unspecified atom stereocenters. The summed E-state index contributed by atoms with van der Waals surface area (Å²) >= 11 is 6.50. The fraction of sp³-hybridized carbons (Fsp3) is 0. The summed E-state index contributed by atoms with van der Waals surface area (Å²) in [5.74, 6) is 0. The van der Waals surface area contributed by atoms with E-state index in [2.05, 4.69) is 103 Å². The van der Waals surface area contributed by atoms with E-state index >= 15 is 0 Å². The van der Waals surface area contributed by atoms with E-state index in [1.165, 1.54) is 21.3 Å². The number of benzene rings is 4. The maximum atomic E-state index is 6.50. The van der Waals surface area contributed by atoms with Crippen molar-refractivity contribution in [1.29, 1.82) is 0 Å². The first-order chi connectivity index (χ1) is 14.8. The Morgan fingerprint density at radius 3 is 1.87 bits per heavy atom. The normalized spacial score (nSPS) is 11.5. The standard InChI is InChI=1S/C27H20NPS/c30-29(23-12-3-1-4-13-23,24-14-5-2-6-15-24)25-16-9-11-22(20-25)27-26-17-8-7-10-21(26)18-19-28-27/h1-20H. The molecule has 1 aromatic heterocycles. The molecule has 0 aliphatic carbocycles. The first-order valence-electron chi connectivity index (χ1n) is 9.93. The molecule has 5 rings (SSSR count). The van der Waals surface area contributed by atoms with Crippen LogP contribution in [0.25, 0.3) is 22.0 Å². The van der Waals surface area contributed by atoms with Gasteiger partial charge in [0.1, 0.15) is 0 Å². The fourth-order valence-corrected chi connectivity index (χ4v) is 7.69. The average molecular weight is 422 g/mol. The van der Waals surface area contributed by atoms with Gasteiger partial charge in [-0.15, -0.1) is 0 Å². The molecule has 0 saturated carbocycles. The molecule has 5 aromatic rings. The van der Waals surface area contributed by atoms with Crippen molar-refractivity contribution < 1.29 is 0 Å². The SMILES string of the molecule is S=P(c1ccccc1)(c1ccccc1)c1cccc(-c2nccc3ccccc23)c1. The highest BCUT2D eigenvalue weighted by Gasteiger charge is 2.25. The smallest absolute Gasteiger partial charge is 0.0780 e. The van der Waals surface area contributed by atoms with Gasteiger partial charge in [0.15, 0.2) is 0 Å². The van der Waals surface area contributed by atoms with E-state index in [0.29, 0.717) is 0 Å². The van der Waals surface area contributed by atoms with E-state index in [1.54, 1.807) is 0 Å². The first kappa shape index (κ1) is 18.9. The Labute approximate surface area is 182 Å². The summed E-state index contributed by atoms with van der Waals surface area (Å²) in [5, 5.41) is 5.94. The van der Waals surface area contributed by atoms with Crippen molar-refractivity contribution in [3.63, 3.8) is 0 Å². The lowest BCUT2D eigenvalue weighted by atomic mass is 10.0. The van der Waals surface area contributed by atoms with Gasteiger partial charge in [-0.3, -0.25) is 4.98 Å². The Bertz CT molecular complexity index is 1310. The molecule has 144 valence electrons. The minimum absolute atomic E-state index is 0.998. The van der Waals surface area contributed by atoms with Gasteiger partial charge in [0.05, 0.1) is 5.69 Å². The highest BCUT2D eigenvalue weighted by Crippen LogP contribution is 2.43. The molecule has 0 amide bonds. The van der Waals surface area contributed by atoms with Gasteiger partial charge in [-0.2, -0.15) is 0 Å². The Morgan fingerprint density at radius 2 is 1.17 bits per heavy atom. The summed E-state index contributed by atoms with van der Waals surface area (Å²) in [5.41, 5.74) is 2.10. The van der Waals surface area contributed by atoms with Crippen LogP contribution in [0.15, 0.2) is 121 Å². The van der Waals surface area contributed by atoms with Gasteiger partial charge < -0.3 is 0 Å². The predicted octanol–water partition coefficient (Wildman–Crippen LogP) is 5.66. The molecule has 1 heterocycles. The molecule has 0 fully saturated rings. The van der Waals surface area contributed by atoms with Crippen molar-refractivity contribution in [2.75, 3.05) is 0 Å². The Hall–Kier alpha value is -3.06. The number of nitrogens with zero attached hydrogens (tertiary/aromatic N) is 1. The summed E-state index contributed by atoms with van der Waals surface area (Å²) in [6, 6.07) is 38.0. The predicted molar refractivity (Wildman–Crippen MR) is 133 cm³/mol. The molecule has 0 radical (unpaired) electrons. The molecule has 3 heteroatoms. The third-order valence-electron chi connectivity index (χ3n) is 5.40. The maximum Gasteiger partial charge on any atom is 0.0780 e. The summed E-state index contributed by atoms with van der Waals surface area (Å²) in [6.07, 6.45) is 1.88. The summed E-state index contributed by atoms with van der Waals surface area (Å²) in [6.45, 7) is 0. The molecule has 0 saturated heterocycles. The number of rotatable bonds is 4. The number of aromatic nitrogens is 1. The van der Waals surface area contributed by atoms with Gasteiger partial charge in [0.25, 0.3) is 0 Å². The van der Waals surface area contributed by atoms with Gasteiger partial charge in [-0.25, -0.2) is 0 Å². The minimum atomic E-state index is -2.18. The largest absolute Gasteiger partial charge is 0.256 e. The van der Waals surface area contributed by atoms with Crippen LogP contribution in [0.1, 0.15) is 0 Å². The fourth-order valence-electron chi connectivity index (χ4n) is 3.92. The van der Waals surface area contributed by atoms with Gasteiger partial charge in [0, 0.05) is 23.2 Å².